The van der Waals surface area contributed by atoms with Gasteiger partial charge in [0.15, 0.2) is 0 Å². The van der Waals surface area contributed by atoms with Gasteiger partial charge in [-0.2, -0.15) is 0 Å². The van der Waals surface area contributed by atoms with Crippen LogP contribution in [0.2, 0.25) is 0 Å². The molecule has 3 atom stereocenters. The minimum Gasteiger partial charge on any atom is -0.497 e. The zero-order valence-corrected chi connectivity index (χ0v) is 24.4. The summed E-state index contributed by atoms with van der Waals surface area (Å²) in [5.74, 6) is 0.109. The van der Waals surface area contributed by atoms with Gasteiger partial charge in [-0.05, 0) is 74.1 Å². The Balaban J connectivity index is 1.61. The summed E-state index contributed by atoms with van der Waals surface area (Å²) in [7, 11) is -0.412. The molecule has 0 aliphatic carbocycles. The molecule has 0 spiro atoms. The van der Waals surface area contributed by atoms with Crippen molar-refractivity contribution in [2.75, 3.05) is 38.6 Å². The van der Waals surface area contributed by atoms with Gasteiger partial charge < -0.3 is 19.5 Å². The molecule has 0 unspecified atom stereocenters. The topological polar surface area (TPSA) is 108 Å². The fourth-order valence-corrected chi connectivity index (χ4v) is 5.80. The lowest BCUT2D eigenvalue weighted by Gasteiger charge is -2.38. The fraction of sp³-hybridized carbons (Fsp3) is 0.367. The Hall–Kier alpha value is -3.67. The van der Waals surface area contributed by atoms with E-state index in [0.29, 0.717) is 25.4 Å². The number of carbonyl (C=O) groups excluding carboxylic acids is 1. The number of hydrogen-bond donors (Lipinski definition) is 2. The van der Waals surface area contributed by atoms with Gasteiger partial charge in [0.25, 0.3) is 15.9 Å². The number of sulfonamides is 1. The molecule has 0 saturated heterocycles. The third-order valence-electron chi connectivity index (χ3n) is 7.14. The number of rotatable bonds is 10. The Morgan fingerprint density at radius 2 is 1.83 bits per heavy atom. The number of nitrogens with one attached hydrogen (secondary N) is 1. The number of fused-ring (bicyclic) bond motifs is 1. The number of aliphatic hydroxyl groups excluding tert-OH is 1. The Morgan fingerprint density at radius 1 is 1.15 bits per heavy atom. The summed E-state index contributed by atoms with van der Waals surface area (Å²) in [5.41, 5.74) is 1.44. The number of ether oxygens (including phenoxy) is 2. The standard InChI is InChI=1S/C30H36FN3O6S/c1-20-16-34(21(2)19-35)30(36)27-15-24(32-41(37,38)26-12-7-23(31)8-13-26)9-14-28(27)40-29(20)18-33(3)17-22-5-10-25(39-4)11-6-22/h5-15,20-21,29,32,35H,16-19H2,1-4H3/t20-,21-,29+/m0/s1. The van der Waals surface area contributed by atoms with Crippen LogP contribution in [-0.4, -0.2) is 75.2 Å². The van der Waals surface area contributed by atoms with Crippen molar-refractivity contribution >= 4 is 21.6 Å². The molecule has 41 heavy (non-hydrogen) atoms. The first kappa shape index (κ1) is 30.3. The molecule has 0 saturated carbocycles. The SMILES string of the molecule is COc1ccc(CN(C)C[C@H]2Oc3ccc(NS(=O)(=O)c4ccc(F)cc4)cc3C(=O)N([C@@H](C)CO)C[C@@H]2C)cc1. The van der Waals surface area contributed by atoms with Gasteiger partial charge in [0.1, 0.15) is 23.4 Å². The molecule has 0 radical (unpaired) electrons. The number of hydrogen-bond acceptors (Lipinski definition) is 7. The van der Waals surface area contributed by atoms with Crippen molar-refractivity contribution in [3.63, 3.8) is 0 Å². The number of aliphatic hydroxyl groups is 1. The molecule has 2 N–H and O–H groups in total. The minimum atomic E-state index is -4.03. The van der Waals surface area contributed by atoms with Crippen LogP contribution >= 0.6 is 0 Å². The van der Waals surface area contributed by atoms with Crippen LogP contribution in [0.5, 0.6) is 11.5 Å². The van der Waals surface area contributed by atoms with Gasteiger partial charge >= 0.3 is 0 Å². The lowest BCUT2D eigenvalue weighted by atomic mass is 9.99. The van der Waals surface area contributed by atoms with Crippen LogP contribution in [0.1, 0.15) is 29.8 Å². The molecule has 1 heterocycles. The van der Waals surface area contributed by atoms with Crippen LogP contribution in [0.25, 0.3) is 0 Å². The van der Waals surface area contributed by atoms with Crippen LogP contribution < -0.4 is 14.2 Å². The molecule has 0 aromatic heterocycles. The van der Waals surface area contributed by atoms with E-state index in [1.807, 2.05) is 38.2 Å². The van der Waals surface area contributed by atoms with Gasteiger partial charge in [0.2, 0.25) is 0 Å². The van der Waals surface area contributed by atoms with Crippen molar-refractivity contribution in [1.82, 2.24) is 9.80 Å². The maximum atomic E-state index is 13.7. The second-order valence-electron chi connectivity index (χ2n) is 10.4. The van der Waals surface area contributed by atoms with Gasteiger partial charge in [-0.3, -0.25) is 14.4 Å². The summed E-state index contributed by atoms with van der Waals surface area (Å²) in [6, 6.07) is 16.4. The van der Waals surface area contributed by atoms with Gasteiger partial charge in [0.05, 0.1) is 30.2 Å². The monoisotopic (exact) mass is 585 g/mol. The third kappa shape index (κ3) is 7.35. The van der Waals surface area contributed by atoms with E-state index in [1.165, 1.54) is 24.3 Å². The first-order chi connectivity index (χ1) is 19.5. The van der Waals surface area contributed by atoms with Gasteiger partial charge in [0, 0.05) is 31.2 Å². The Bertz CT molecular complexity index is 1450. The number of nitrogens with zero attached hydrogens (tertiary/aromatic N) is 2. The smallest absolute Gasteiger partial charge is 0.261 e. The van der Waals surface area contributed by atoms with Gasteiger partial charge in [-0.15, -0.1) is 0 Å². The fourth-order valence-electron chi connectivity index (χ4n) is 4.75. The lowest BCUT2D eigenvalue weighted by molar-refractivity contribution is 0.0341. The summed E-state index contributed by atoms with van der Waals surface area (Å²) >= 11 is 0. The van der Waals surface area contributed by atoms with Crippen LogP contribution in [0.15, 0.2) is 71.6 Å². The molecule has 3 aromatic carbocycles. The van der Waals surface area contributed by atoms with E-state index < -0.39 is 21.9 Å². The van der Waals surface area contributed by atoms with E-state index in [0.717, 1.165) is 23.4 Å². The van der Waals surface area contributed by atoms with Crippen molar-refractivity contribution < 1.29 is 32.2 Å². The molecule has 11 heteroatoms. The molecule has 4 rings (SSSR count). The molecule has 0 bridgehead atoms. The second-order valence-corrected chi connectivity index (χ2v) is 12.1. The highest BCUT2D eigenvalue weighted by molar-refractivity contribution is 7.92. The summed E-state index contributed by atoms with van der Waals surface area (Å²) in [6.45, 7) is 5.11. The molecule has 0 fully saturated rings. The average molecular weight is 586 g/mol. The van der Waals surface area contributed by atoms with E-state index >= 15 is 0 Å². The molecule has 1 aliphatic heterocycles. The summed E-state index contributed by atoms with van der Waals surface area (Å²) < 4.78 is 53.2. The number of anilines is 1. The van der Waals surface area contributed by atoms with Crippen LogP contribution in [0.4, 0.5) is 10.1 Å². The highest BCUT2D eigenvalue weighted by Crippen LogP contribution is 2.31. The molecule has 9 nitrogen and oxygen atoms in total. The molecule has 1 amide bonds. The van der Waals surface area contributed by atoms with E-state index in [-0.39, 0.29) is 40.7 Å². The van der Waals surface area contributed by atoms with Crippen molar-refractivity contribution in [2.45, 2.75) is 37.4 Å². The number of methoxy groups -OCH3 is 1. The van der Waals surface area contributed by atoms with E-state index in [9.17, 15) is 22.7 Å². The number of carbonyl (C=O) groups is 1. The molecule has 220 valence electrons. The maximum absolute atomic E-state index is 13.7. The Labute approximate surface area is 240 Å². The van der Waals surface area contributed by atoms with Crippen molar-refractivity contribution in [3.8, 4) is 11.5 Å². The zero-order valence-electron chi connectivity index (χ0n) is 23.6. The number of likely N-dealkylation sites (N-methyl/N-ethyl adjacent to an activating group) is 1. The molecule has 1 aliphatic rings. The number of amides is 1. The largest absolute Gasteiger partial charge is 0.497 e. The van der Waals surface area contributed by atoms with E-state index in [4.69, 9.17) is 9.47 Å². The molecular weight excluding hydrogens is 549 g/mol. The van der Waals surface area contributed by atoms with Crippen LogP contribution in [0.3, 0.4) is 0 Å². The summed E-state index contributed by atoms with van der Waals surface area (Å²) in [6.07, 6.45) is -0.305. The van der Waals surface area contributed by atoms with Crippen molar-refractivity contribution in [2.24, 2.45) is 5.92 Å². The van der Waals surface area contributed by atoms with E-state index in [1.54, 1.807) is 25.0 Å². The maximum Gasteiger partial charge on any atom is 0.261 e. The van der Waals surface area contributed by atoms with Crippen LogP contribution in [0, 0.1) is 11.7 Å². The highest BCUT2D eigenvalue weighted by atomic mass is 32.2. The van der Waals surface area contributed by atoms with Gasteiger partial charge in [-0.25, -0.2) is 12.8 Å². The number of benzene rings is 3. The summed E-state index contributed by atoms with van der Waals surface area (Å²) in [5, 5.41) is 9.91. The van der Waals surface area contributed by atoms with Crippen molar-refractivity contribution in [1.29, 1.82) is 0 Å². The highest BCUT2D eigenvalue weighted by Gasteiger charge is 2.33. The average Bonchev–Trinajstić information content (AvgIpc) is 2.95. The Morgan fingerprint density at radius 3 is 2.46 bits per heavy atom. The quantitative estimate of drug-likeness (QED) is 0.371. The Kier molecular flexibility index (Phi) is 9.52. The zero-order chi connectivity index (χ0) is 29.7. The van der Waals surface area contributed by atoms with Crippen molar-refractivity contribution in [3.05, 3.63) is 83.7 Å². The first-order valence-corrected chi connectivity index (χ1v) is 14.8. The lowest BCUT2D eigenvalue weighted by Crippen LogP contribution is -2.49. The van der Waals surface area contributed by atoms with Crippen LogP contribution in [-0.2, 0) is 16.6 Å². The van der Waals surface area contributed by atoms with E-state index in [2.05, 4.69) is 9.62 Å². The predicted octanol–water partition coefficient (Wildman–Crippen LogP) is 3.99. The third-order valence-corrected chi connectivity index (χ3v) is 8.54. The second kappa shape index (κ2) is 12.9. The van der Waals surface area contributed by atoms with Gasteiger partial charge in [-0.1, -0.05) is 19.1 Å². The number of halogens is 1. The molecular formula is C30H36FN3O6S. The summed E-state index contributed by atoms with van der Waals surface area (Å²) in [4.78, 5) is 17.3. The molecule has 3 aromatic rings. The minimum absolute atomic E-state index is 0.0731. The normalized spacial score (nSPS) is 18.2. The predicted molar refractivity (Wildman–Crippen MR) is 154 cm³/mol. The first-order valence-electron chi connectivity index (χ1n) is 13.3.